The monoisotopic (exact) mass is 534 g/mol. The van der Waals surface area contributed by atoms with E-state index in [0.717, 1.165) is 48.0 Å². The fraction of sp³-hybridized carbons (Fsp3) is 0.182. The van der Waals surface area contributed by atoms with Gasteiger partial charge in [-0.1, -0.05) is 42.5 Å². The minimum atomic E-state index is -0.795. The van der Waals surface area contributed by atoms with Gasteiger partial charge in [0.05, 0.1) is 6.04 Å². The van der Waals surface area contributed by atoms with E-state index >= 15 is 0 Å². The Labute approximate surface area is 232 Å². The first-order valence-corrected chi connectivity index (χ1v) is 13.5. The van der Waals surface area contributed by atoms with Crippen molar-refractivity contribution < 1.29 is 14.3 Å². The average Bonchev–Trinajstić information content (AvgIpc) is 3.42. The minimum Gasteiger partial charge on any atom is -0.508 e. The van der Waals surface area contributed by atoms with Crippen LogP contribution in [0.3, 0.4) is 0 Å². The largest absolute Gasteiger partial charge is 0.508 e. The molecule has 7 heteroatoms. The van der Waals surface area contributed by atoms with Gasteiger partial charge < -0.3 is 26.0 Å². The van der Waals surface area contributed by atoms with Crippen molar-refractivity contribution in [3.8, 4) is 16.9 Å². The lowest BCUT2D eigenvalue weighted by molar-refractivity contribution is 0.0942. The van der Waals surface area contributed by atoms with Crippen LogP contribution in [0.5, 0.6) is 5.75 Å². The molecule has 5 aromatic rings. The zero-order chi connectivity index (χ0) is 27.6. The SMILES string of the molecule is NC1CCN(c2ccc(-c3cccc(C(=O)NC(c4cc5ccccc5[nH]4)c4cc(F)ccc4O)c3)cc2)CC1. The summed E-state index contributed by atoms with van der Waals surface area (Å²) >= 11 is 0. The van der Waals surface area contributed by atoms with Crippen molar-refractivity contribution in [2.45, 2.75) is 24.9 Å². The molecule has 0 spiro atoms. The lowest BCUT2D eigenvalue weighted by atomic mass is 9.99. The quantitative estimate of drug-likeness (QED) is 0.211. The highest BCUT2D eigenvalue weighted by molar-refractivity contribution is 5.96. The van der Waals surface area contributed by atoms with Gasteiger partial charge in [0.15, 0.2) is 0 Å². The Bertz CT molecular complexity index is 1620. The number of halogens is 1. The van der Waals surface area contributed by atoms with Crippen LogP contribution in [-0.4, -0.2) is 35.1 Å². The number of H-pyrrole nitrogens is 1. The van der Waals surface area contributed by atoms with Crippen molar-refractivity contribution in [3.63, 3.8) is 0 Å². The average molecular weight is 535 g/mol. The molecule has 1 atom stereocenters. The highest BCUT2D eigenvalue weighted by Crippen LogP contribution is 2.32. The predicted octanol–water partition coefficient (Wildman–Crippen LogP) is 6.13. The maximum Gasteiger partial charge on any atom is 0.252 e. The molecule has 1 saturated heterocycles. The summed E-state index contributed by atoms with van der Waals surface area (Å²) in [6.45, 7) is 1.91. The second-order valence-electron chi connectivity index (χ2n) is 10.4. The van der Waals surface area contributed by atoms with Crippen molar-refractivity contribution in [2.75, 3.05) is 18.0 Å². The van der Waals surface area contributed by atoms with Gasteiger partial charge in [-0.25, -0.2) is 4.39 Å². The van der Waals surface area contributed by atoms with Gasteiger partial charge in [-0.15, -0.1) is 0 Å². The number of nitrogens with zero attached hydrogens (tertiary/aromatic N) is 1. The standard InChI is InChI=1S/C33H31FN4O2/c34-25-10-13-31(39)28(20-25)32(30-19-23-4-1-2-7-29(23)36-30)37-33(40)24-6-3-5-22(18-24)21-8-11-27(12-9-21)38-16-14-26(35)15-17-38/h1-13,18-20,26,32,36,39H,14-17,35H2,(H,37,40). The number of aromatic amines is 1. The van der Waals surface area contributed by atoms with Crippen LogP contribution in [0.1, 0.15) is 40.5 Å². The zero-order valence-electron chi connectivity index (χ0n) is 22.0. The number of amides is 1. The molecule has 1 fully saturated rings. The van der Waals surface area contributed by atoms with Gasteiger partial charge in [-0.05, 0) is 84.0 Å². The van der Waals surface area contributed by atoms with Crippen LogP contribution in [0, 0.1) is 5.82 Å². The summed E-state index contributed by atoms with van der Waals surface area (Å²) in [5.41, 5.74) is 11.4. The van der Waals surface area contributed by atoms with Gasteiger partial charge >= 0.3 is 0 Å². The van der Waals surface area contributed by atoms with E-state index in [1.165, 1.54) is 23.9 Å². The van der Waals surface area contributed by atoms with Crippen LogP contribution in [0.15, 0.2) is 97.1 Å². The van der Waals surface area contributed by atoms with E-state index in [4.69, 9.17) is 5.73 Å². The number of nitrogens with one attached hydrogen (secondary N) is 2. The Morgan fingerprint density at radius 2 is 1.70 bits per heavy atom. The van der Waals surface area contributed by atoms with Gasteiger partial charge in [0, 0.05) is 47.2 Å². The summed E-state index contributed by atoms with van der Waals surface area (Å²) in [4.78, 5) is 19.2. The first-order chi connectivity index (χ1) is 19.4. The van der Waals surface area contributed by atoms with E-state index in [1.807, 2.05) is 48.5 Å². The second-order valence-corrected chi connectivity index (χ2v) is 10.4. The molecule has 6 rings (SSSR count). The Hall–Kier alpha value is -4.62. The third-order valence-electron chi connectivity index (χ3n) is 7.67. The van der Waals surface area contributed by atoms with E-state index < -0.39 is 11.9 Å². The van der Waals surface area contributed by atoms with Crippen LogP contribution >= 0.6 is 0 Å². The van der Waals surface area contributed by atoms with Crippen molar-refractivity contribution in [2.24, 2.45) is 5.73 Å². The first kappa shape index (κ1) is 25.6. The van der Waals surface area contributed by atoms with E-state index in [-0.39, 0.29) is 23.3 Å². The molecular formula is C33H31FN4O2. The number of rotatable bonds is 6. The third-order valence-corrected chi connectivity index (χ3v) is 7.67. The molecule has 0 bridgehead atoms. The van der Waals surface area contributed by atoms with Gasteiger partial charge in [0.25, 0.3) is 5.91 Å². The van der Waals surface area contributed by atoms with Gasteiger partial charge in [0.2, 0.25) is 0 Å². The van der Waals surface area contributed by atoms with Crippen LogP contribution in [0.25, 0.3) is 22.0 Å². The number of phenols is 1. The number of aromatic hydroxyl groups is 1. The number of benzene rings is 4. The molecule has 1 aromatic heterocycles. The zero-order valence-corrected chi connectivity index (χ0v) is 22.0. The number of para-hydroxylation sites is 1. The van der Waals surface area contributed by atoms with E-state index in [9.17, 15) is 14.3 Å². The predicted molar refractivity (Wildman–Crippen MR) is 157 cm³/mol. The molecule has 6 nitrogen and oxygen atoms in total. The Balaban J connectivity index is 1.27. The normalized spacial score (nSPS) is 14.8. The molecule has 0 radical (unpaired) electrons. The van der Waals surface area contributed by atoms with Crippen molar-refractivity contribution >= 4 is 22.5 Å². The molecule has 4 aromatic carbocycles. The number of piperidine rings is 1. The van der Waals surface area contributed by atoms with Gasteiger partial charge in [0.1, 0.15) is 11.6 Å². The highest BCUT2D eigenvalue weighted by atomic mass is 19.1. The van der Waals surface area contributed by atoms with Crippen LogP contribution in [-0.2, 0) is 0 Å². The summed E-state index contributed by atoms with van der Waals surface area (Å²) < 4.78 is 14.3. The maximum absolute atomic E-state index is 14.3. The van der Waals surface area contributed by atoms with E-state index in [1.54, 1.807) is 6.07 Å². The van der Waals surface area contributed by atoms with Crippen molar-refractivity contribution in [1.29, 1.82) is 0 Å². The third kappa shape index (κ3) is 5.28. The number of nitrogens with two attached hydrogens (primary N) is 1. The maximum atomic E-state index is 14.3. The molecule has 2 heterocycles. The summed E-state index contributed by atoms with van der Waals surface area (Å²) in [7, 11) is 0. The van der Waals surface area contributed by atoms with E-state index in [2.05, 4.69) is 39.5 Å². The number of hydrogen-bond donors (Lipinski definition) is 4. The lowest BCUT2D eigenvalue weighted by Gasteiger charge is -2.32. The van der Waals surface area contributed by atoms with Crippen LogP contribution < -0.4 is 16.0 Å². The molecule has 1 amide bonds. The van der Waals surface area contributed by atoms with Crippen LogP contribution in [0.4, 0.5) is 10.1 Å². The molecule has 1 aliphatic heterocycles. The number of fused-ring (bicyclic) bond motifs is 1. The number of carbonyl (C=O) groups is 1. The molecule has 1 aliphatic rings. The minimum absolute atomic E-state index is 0.102. The van der Waals surface area contributed by atoms with Crippen molar-refractivity contribution in [3.05, 3.63) is 120 Å². The smallest absolute Gasteiger partial charge is 0.252 e. The fourth-order valence-electron chi connectivity index (χ4n) is 5.41. The number of aromatic nitrogens is 1. The Kier molecular flexibility index (Phi) is 6.97. The molecule has 0 aliphatic carbocycles. The van der Waals surface area contributed by atoms with Crippen molar-refractivity contribution in [1.82, 2.24) is 10.3 Å². The molecule has 202 valence electrons. The molecule has 0 saturated carbocycles. The number of phenolic OH excluding ortho intramolecular Hbond substituents is 1. The molecule has 1 unspecified atom stereocenters. The fourth-order valence-corrected chi connectivity index (χ4v) is 5.41. The molecular weight excluding hydrogens is 503 g/mol. The highest BCUT2D eigenvalue weighted by Gasteiger charge is 2.24. The molecule has 5 N–H and O–H groups in total. The number of carbonyl (C=O) groups excluding carboxylic acids is 1. The summed E-state index contributed by atoms with van der Waals surface area (Å²) in [6, 6.07) is 28.6. The summed E-state index contributed by atoms with van der Waals surface area (Å²) in [6.07, 6.45) is 1.98. The second kappa shape index (κ2) is 10.9. The van der Waals surface area contributed by atoms with E-state index in [0.29, 0.717) is 11.3 Å². The van der Waals surface area contributed by atoms with Gasteiger partial charge in [-0.2, -0.15) is 0 Å². The van der Waals surface area contributed by atoms with Gasteiger partial charge in [-0.3, -0.25) is 4.79 Å². The number of anilines is 1. The first-order valence-electron chi connectivity index (χ1n) is 13.5. The molecule has 40 heavy (non-hydrogen) atoms. The topological polar surface area (TPSA) is 94.4 Å². The van der Waals surface area contributed by atoms with Crippen LogP contribution in [0.2, 0.25) is 0 Å². The summed E-state index contributed by atoms with van der Waals surface area (Å²) in [5, 5.41) is 14.6. The Morgan fingerprint density at radius 3 is 2.48 bits per heavy atom. The Morgan fingerprint density at radius 1 is 0.925 bits per heavy atom. The lowest BCUT2D eigenvalue weighted by Crippen LogP contribution is -2.39. The summed E-state index contributed by atoms with van der Waals surface area (Å²) in [5.74, 6) is -0.939. The number of hydrogen-bond acceptors (Lipinski definition) is 4.